The maximum atomic E-state index is 12.7. The Morgan fingerprint density at radius 2 is 1.88 bits per heavy atom. The predicted octanol–water partition coefficient (Wildman–Crippen LogP) is 2.52. The van der Waals surface area contributed by atoms with Gasteiger partial charge in [-0.2, -0.15) is 0 Å². The number of thiol groups is 1. The zero-order chi connectivity index (χ0) is 16.9. The van der Waals surface area contributed by atoms with Crippen molar-refractivity contribution in [3.05, 3.63) is 35.9 Å². The third-order valence-corrected chi connectivity index (χ3v) is 5.68. The summed E-state index contributed by atoms with van der Waals surface area (Å²) in [7, 11) is 2.18. The molecule has 2 aliphatic rings. The third kappa shape index (κ3) is 4.74. The van der Waals surface area contributed by atoms with E-state index in [0.29, 0.717) is 11.8 Å². The Kier molecular flexibility index (Phi) is 6.19. The second-order valence-electron chi connectivity index (χ2n) is 7.35. The van der Waals surface area contributed by atoms with Crippen LogP contribution in [0.3, 0.4) is 0 Å². The van der Waals surface area contributed by atoms with Gasteiger partial charge in [-0.15, -0.1) is 0 Å². The molecule has 1 amide bonds. The first-order chi connectivity index (χ1) is 11.6. The predicted molar refractivity (Wildman–Crippen MR) is 101 cm³/mol. The molecule has 3 rings (SSSR count). The van der Waals surface area contributed by atoms with Crippen LogP contribution in [0.25, 0.3) is 0 Å². The largest absolute Gasteiger partial charge is 0.342 e. The summed E-state index contributed by atoms with van der Waals surface area (Å²) in [5.41, 5.74) is 1.35. The number of benzene rings is 1. The van der Waals surface area contributed by atoms with E-state index in [0.717, 1.165) is 58.5 Å². The zero-order valence-corrected chi connectivity index (χ0v) is 15.5. The number of carbonyl (C=O) groups excluding carboxylic acids is 1. The summed E-state index contributed by atoms with van der Waals surface area (Å²) in [4.78, 5) is 17.2. The summed E-state index contributed by atoms with van der Waals surface area (Å²) in [6.07, 6.45) is 3.05. The normalized spacial score (nSPS) is 23.1. The van der Waals surface area contributed by atoms with Crippen molar-refractivity contribution in [3.63, 3.8) is 0 Å². The van der Waals surface area contributed by atoms with Gasteiger partial charge in [0.2, 0.25) is 5.91 Å². The van der Waals surface area contributed by atoms with Gasteiger partial charge in [0.15, 0.2) is 0 Å². The van der Waals surface area contributed by atoms with Crippen LogP contribution in [-0.4, -0.2) is 59.8 Å². The van der Waals surface area contributed by atoms with Crippen LogP contribution in [0.5, 0.6) is 0 Å². The highest BCUT2D eigenvalue weighted by atomic mass is 32.1. The van der Waals surface area contributed by atoms with Gasteiger partial charge in [0.1, 0.15) is 0 Å². The first kappa shape index (κ1) is 17.8. The standard InChI is InChI=1S/C19H29N3OS/c1-20(13-16-5-3-2-4-6-16)14-17-7-10-21(15-17)19(23)18-8-11-22(24)12-9-18/h2-6,17-18,24H,7-15H2,1H3. The fourth-order valence-corrected chi connectivity index (χ4v) is 4.18. The lowest BCUT2D eigenvalue weighted by Crippen LogP contribution is -2.40. The van der Waals surface area contributed by atoms with E-state index in [-0.39, 0.29) is 5.92 Å². The summed E-state index contributed by atoms with van der Waals surface area (Å²) >= 11 is 4.38. The number of piperidine rings is 1. The maximum Gasteiger partial charge on any atom is 0.225 e. The highest BCUT2D eigenvalue weighted by Gasteiger charge is 2.32. The van der Waals surface area contributed by atoms with Crippen LogP contribution in [0, 0.1) is 11.8 Å². The van der Waals surface area contributed by atoms with Crippen LogP contribution in [0.2, 0.25) is 0 Å². The lowest BCUT2D eigenvalue weighted by molar-refractivity contribution is -0.135. The van der Waals surface area contributed by atoms with Crippen molar-refractivity contribution in [1.82, 2.24) is 14.1 Å². The molecule has 0 radical (unpaired) electrons. The molecular formula is C19H29N3OS. The van der Waals surface area contributed by atoms with Crippen molar-refractivity contribution < 1.29 is 4.79 Å². The number of nitrogens with zero attached hydrogens (tertiary/aromatic N) is 3. The molecule has 1 atom stereocenters. The quantitative estimate of drug-likeness (QED) is 0.829. The van der Waals surface area contributed by atoms with Crippen LogP contribution in [0.1, 0.15) is 24.8 Å². The smallest absolute Gasteiger partial charge is 0.225 e. The number of amides is 1. The molecule has 1 aromatic rings. The van der Waals surface area contributed by atoms with Gasteiger partial charge in [0, 0.05) is 45.2 Å². The first-order valence-corrected chi connectivity index (χ1v) is 9.47. The van der Waals surface area contributed by atoms with Crippen molar-refractivity contribution in [2.75, 3.05) is 39.8 Å². The molecule has 1 unspecified atom stereocenters. The van der Waals surface area contributed by atoms with Crippen LogP contribution >= 0.6 is 12.8 Å². The summed E-state index contributed by atoms with van der Waals surface area (Å²) in [5, 5.41) is 0. The van der Waals surface area contributed by atoms with Crippen molar-refractivity contribution in [2.45, 2.75) is 25.8 Å². The zero-order valence-electron chi connectivity index (χ0n) is 14.6. The van der Waals surface area contributed by atoms with E-state index in [1.54, 1.807) is 0 Å². The molecule has 132 valence electrons. The number of hydrogen-bond donors (Lipinski definition) is 1. The van der Waals surface area contributed by atoms with Crippen LogP contribution in [0.15, 0.2) is 30.3 Å². The second kappa shape index (κ2) is 8.37. The summed E-state index contributed by atoms with van der Waals surface area (Å²) in [5.74, 6) is 1.20. The maximum absolute atomic E-state index is 12.7. The van der Waals surface area contributed by atoms with Crippen molar-refractivity contribution in [2.24, 2.45) is 11.8 Å². The summed E-state index contributed by atoms with van der Waals surface area (Å²) in [6, 6.07) is 10.6. The number of likely N-dealkylation sites (tertiary alicyclic amines) is 1. The van der Waals surface area contributed by atoms with Gasteiger partial charge >= 0.3 is 0 Å². The van der Waals surface area contributed by atoms with Gasteiger partial charge in [-0.05, 0) is 37.8 Å². The van der Waals surface area contributed by atoms with Crippen LogP contribution in [0.4, 0.5) is 0 Å². The van der Waals surface area contributed by atoms with Gasteiger partial charge in [0.05, 0.1) is 0 Å². The Hall–Kier alpha value is -1.04. The molecular weight excluding hydrogens is 318 g/mol. The molecule has 2 heterocycles. The van der Waals surface area contributed by atoms with Crippen molar-refractivity contribution in [1.29, 1.82) is 0 Å². The number of hydrogen-bond acceptors (Lipinski definition) is 4. The monoisotopic (exact) mass is 347 g/mol. The second-order valence-corrected chi connectivity index (χ2v) is 7.91. The van der Waals surface area contributed by atoms with Gasteiger partial charge in [-0.25, -0.2) is 0 Å². The van der Waals surface area contributed by atoms with Gasteiger partial charge in [-0.1, -0.05) is 43.1 Å². The third-order valence-electron chi connectivity index (χ3n) is 5.28. The SMILES string of the molecule is CN(Cc1ccccc1)CC1CCN(C(=O)C2CCN(S)CC2)C1. The topological polar surface area (TPSA) is 26.8 Å². The highest BCUT2D eigenvalue weighted by molar-refractivity contribution is 7.77. The number of rotatable bonds is 5. The van der Waals surface area contributed by atoms with E-state index in [9.17, 15) is 4.79 Å². The van der Waals surface area contributed by atoms with Crippen molar-refractivity contribution >= 4 is 18.7 Å². The molecule has 1 aromatic carbocycles. The Morgan fingerprint density at radius 3 is 2.58 bits per heavy atom. The Balaban J connectivity index is 1.44. The van der Waals surface area contributed by atoms with Crippen LogP contribution in [-0.2, 0) is 11.3 Å². The van der Waals surface area contributed by atoms with E-state index in [2.05, 4.69) is 60.0 Å². The molecule has 4 nitrogen and oxygen atoms in total. The fraction of sp³-hybridized carbons (Fsp3) is 0.632. The Labute approximate surface area is 151 Å². The fourth-order valence-electron chi connectivity index (χ4n) is 3.95. The van der Waals surface area contributed by atoms with E-state index in [4.69, 9.17) is 0 Å². The van der Waals surface area contributed by atoms with E-state index in [1.807, 2.05) is 4.31 Å². The van der Waals surface area contributed by atoms with E-state index in [1.165, 1.54) is 5.56 Å². The van der Waals surface area contributed by atoms with E-state index < -0.39 is 0 Å². The van der Waals surface area contributed by atoms with Gasteiger partial charge in [-0.3, -0.25) is 9.10 Å². The lowest BCUT2D eigenvalue weighted by Gasteiger charge is -2.30. The highest BCUT2D eigenvalue weighted by Crippen LogP contribution is 2.25. The molecule has 5 heteroatoms. The minimum atomic E-state index is 0.217. The number of carbonyl (C=O) groups is 1. The van der Waals surface area contributed by atoms with Gasteiger partial charge in [0.25, 0.3) is 0 Å². The Bertz CT molecular complexity index is 531. The molecule has 0 aromatic heterocycles. The summed E-state index contributed by atoms with van der Waals surface area (Å²) < 4.78 is 2.02. The molecule has 0 N–H and O–H groups in total. The summed E-state index contributed by atoms with van der Waals surface area (Å²) in [6.45, 7) is 5.76. The average Bonchev–Trinajstić information content (AvgIpc) is 3.04. The minimum absolute atomic E-state index is 0.217. The van der Waals surface area contributed by atoms with E-state index >= 15 is 0 Å². The molecule has 24 heavy (non-hydrogen) atoms. The molecule has 0 aliphatic carbocycles. The average molecular weight is 348 g/mol. The lowest BCUT2D eigenvalue weighted by atomic mass is 9.96. The Morgan fingerprint density at radius 1 is 1.17 bits per heavy atom. The molecule has 2 saturated heterocycles. The first-order valence-electron chi connectivity index (χ1n) is 9.07. The molecule has 0 bridgehead atoms. The van der Waals surface area contributed by atoms with Crippen molar-refractivity contribution in [3.8, 4) is 0 Å². The van der Waals surface area contributed by atoms with Gasteiger partial charge < -0.3 is 9.80 Å². The molecule has 2 fully saturated rings. The molecule has 2 aliphatic heterocycles. The molecule has 0 saturated carbocycles. The minimum Gasteiger partial charge on any atom is -0.342 e. The molecule has 0 spiro atoms. The van der Waals surface area contributed by atoms with Crippen LogP contribution < -0.4 is 0 Å².